The lowest BCUT2D eigenvalue weighted by molar-refractivity contribution is -0.125. The highest BCUT2D eigenvalue weighted by Gasteiger charge is 2.39. The minimum atomic E-state index is -1.25. The molecule has 9 nitrogen and oxygen atoms in total. The van der Waals surface area contributed by atoms with Gasteiger partial charge in [0.1, 0.15) is 30.1 Å². The van der Waals surface area contributed by atoms with E-state index >= 15 is 0 Å². The van der Waals surface area contributed by atoms with E-state index < -0.39 is 42.3 Å². The predicted octanol–water partition coefficient (Wildman–Crippen LogP) is 3.29. The number of hydrogen-bond acceptors (Lipinski definition) is 6. The standard InChI is InChI=1S/C27H30BrN3O6/c1-14-11-20(28)24(19-10-6-9-18(14)19)36-21-12-16(26(34)30-15(2)25(29)33)13-22(23(21)32)37-27(35)31-17-7-4-3-5-8-17/h3-5,7-8,11-12,15,21-23,32H,6,9-10,13H2,1-2H3,(H2,29,33)(H,30,34)(H,31,35)/t15-,21-,22-,23+/m1/s1. The molecule has 4 atom stereocenters. The molecular formula is C27H30BrN3O6. The van der Waals surface area contributed by atoms with Crippen molar-refractivity contribution < 1.29 is 29.0 Å². The first-order chi connectivity index (χ1) is 17.6. The lowest BCUT2D eigenvalue weighted by Crippen LogP contribution is -2.49. The Morgan fingerprint density at radius 3 is 2.57 bits per heavy atom. The van der Waals surface area contributed by atoms with Crippen molar-refractivity contribution in [1.82, 2.24) is 5.32 Å². The number of nitrogens with two attached hydrogens (primary N) is 1. The van der Waals surface area contributed by atoms with Gasteiger partial charge in [0.15, 0.2) is 0 Å². The zero-order valence-electron chi connectivity index (χ0n) is 20.6. The van der Waals surface area contributed by atoms with Gasteiger partial charge < -0.3 is 25.6 Å². The summed E-state index contributed by atoms with van der Waals surface area (Å²) in [5.41, 5.74) is 9.46. The third-order valence-electron chi connectivity index (χ3n) is 6.63. The molecule has 0 spiro atoms. The fourth-order valence-electron chi connectivity index (χ4n) is 4.64. The first-order valence-corrected chi connectivity index (χ1v) is 12.9. The Morgan fingerprint density at radius 2 is 1.86 bits per heavy atom. The third-order valence-corrected chi connectivity index (χ3v) is 7.22. The number of nitrogens with one attached hydrogen (secondary N) is 2. The lowest BCUT2D eigenvalue weighted by Gasteiger charge is -2.34. The third kappa shape index (κ3) is 6.14. The van der Waals surface area contributed by atoms with E-state index in [9.17, 15) is 19.5 Å². The number of carbonyl (C=O) groups is 3. The van der Waals surface area contributed by atoms with Gasteiger partial charge in [0.05, 0.1) is 4.47 Å². The molecule has 196 valence electrons. The first kappa shape index (κ1) is 26.7. The van der Waals surface area contributed by atoms with Crippen LogP contribution in [0.5, 0.6) is 5.75 Å². The van der Waals surface area contributed by atoms with Crippen LogP contribution in [0.1, 0.15) is 36.5 Å². The maximum Gasteiger partial charge on any atom is 0.412 e. The minimum Gasteiger partial charge on any atom is -0.482 e. The van der Waals surface area contributed by atoms with Gasteiger partial charge in [-0.05, 0) is 90.0 Å². The number of benzene rings is 2. The van der Waals surface area contributed by atoms with Crippen LogP contribution in [0.3, 0.4) is 0 Å². The number of para-hydroxylation sites is 1. The van der Waals surface area contributed by atoms with Crippen LogP contribution in [0.25, 0.3) is 0 Å². The predicted molar refractivity (Wildman–Crippen MR) is 141 cm³/mol. The van der Waals surface area contributed by atoms with Crippen molar-refractivity contribution in [2.24, 2.45) is 5.73 Å². The second-order valence-electron chi connectivity index (χ2n) is 9.32. The van der Waals surface area contributed by atoms with Crippen molar-refractivity contribution >= 4 is 39.5 Å². The Labute approximate surface area is 223 Å². The maximum absolute atomic E-state index is 12.9. The SMILES string of the molecule is Cc1cc(Br)c(O[C@@H]2C=C(C(=O)N[C@H](C)C(N)=O)C[C@@H](OC(=O)Nc3ccccc3)[C@H]2O)c2c1CCC2. The molecule has 2 aliphatic rings. The number of carbonyl (C=O) groups excluding carboxylic acids is 3. The zero-order chi connectivity index (χ0) is 26.7. The molecule has 0 aromatic heterocycles. The molecule has 0 radical (unpaired) electrons. The second-order valence-corrected chi connectivity index (χ2v) is 10.2. The van der Waals surface area contributed by atoms with E-state index in [0.29, 0.717) is 11.4 Å². The largest absolute Gasteiger partial charge is 0.482 e. The molecule has 10 heteroatoms. The molecule has 2 aliphatic carbocycles. The van der Waals surface area contributed by atoms with Crippen molar-refractivity contribution in [1.29, 1.82) is 0 Å². The number of amides is 3. The highest BCUT2D eigenvalue weighted by atomic mass is 79.9. The van der Waals surface area contributed by atoms with Gasteiger partial charge in [-0.15, -0.1) is 0 Å². The molecule has 5 N–H and O–H groups in total. The number of fused-ring (bicyclic) bond motifs is 1. The number of aryl methyl sites for hydroxylation is 1. The summed E-state index contributed by atoms with van der Waals surface area (Å²) in [5, 5.41) is 16.3. The van der Waals surface area contributed by atoms with Crippen LogP contribution >= 0.6 is 15.9 Å². The molecule has 0 saturated heterocycles. The van der Waals surface area contributed by atoms with Gasteiger partial charge in [-0.25, -0.2) is 4.79 Å². The van der Waals surface area contributed by atoms with Crippen molar-refractivity contribution in [2.45, 2.75) is 63.9 Å². The Hall–Kier alpha value is -3.37. The molecule has 0 unspecified atom stereocenters. The summed E-state index contributed by atoms with van der Waals surface area (Å²) in [6, 6.07) is 9.80. The van der Waals surface area contributed by atoms with Crippen LogP contribution in [-0.2, 0) is 27.2 Å². The molecule has 2 aromatic carbocycles. The summed E-state index contributed by atoms with van der Waals surface area (Å²) in [4.78, 5) is 37.0. The van der Waals surface area contributed by atoms with Crippen molar-refractivity contribution in [3.63, 3.8) is 0 Å². The summed E-state index contributed by atoms with van der Waals surface area (Å²) >= 11 is 3.58. The summed E-state index contributed by atoms with van der Waals surface area (Å²) < 4.78 is 12.6. The van der Waals surface area contributed by atoms with Crippen LogP contribution in [0.15, 0.2) is 52.5 Å². The summed E-state index contributed by atoms with van der Waals surface area (Å²) in [7, 11) is 0. The van der Waals surface area contributed by atoms with Gasteiger partial charge in [-0.1, -0.05) is 18.2 Å². The van der Waals surface area contributed by atoms with Gasteiger partial charge in [-0.2, -0.15) is 0 Å². The van der Waals surface area contributed by atoms with E-state index in [4.69, 9.17) is 15.2 Å². The number of hydrogen-bond donors (Lipinski definition) is 4. The summed E-state index contributed by atoms with van der Waals surface area (Å²) in [5.74, 6) is -0.651. The van der Waals surface area contributed by atoms with Crippen molar-refractivity contribution in [3.05, 3.63) is 69.2 Å². The van der Waals surface area contributed by atoms with E-state index in [-0.39, 0.29) is 12.0 Å². The smallest absolute Gasteiger partial charge is 0.412 e. The second kappa shape index (κ2) is 11.4. The van der Waals surface area contributed by atoms with Gasteiger partial charge in [0.2, 0.25) is 11.8 Å². The normalized spacial score (nSPS) is 21.3. The molecule has 0 aliphatic heterocycles. The van der Waals surface area contributed by atoms with E-state index in [1.807, 2.05) is 19.1 Å². The Morgan fingerprint density at radius 1 is 1.16 bits per heavy atom. The highest BCUT2D eigenvalue weighted by molar-refractivity contribution is 9.10. The fourth-order valence-corrected chi connectivity index (χ4v) is 5.32. The minimum absolute atomic E-state index is 0.0757. The topological polar surface area (TPSA) is 140 Å². The van der Waals surface area contributed by atoms with Gasteiger partial charge in [-0.3, -0.25) is 14.9 Å². The highest BCUT2D eigenvalue weighted by Crippen LogP contribution is 2.40. The Balaban J connectivity index is 1.60. The van der Waals surface area contributed by atoms with Crippen LogP contribution in [0.4, 0.5) is 10.5 Å². The molecule has 3 amide bonds. The van der Waals surface area contributed by atoms with E-state index in [0.717, 1.165) is 34.9 Å². The number of primary amides is 1. The number of anilines is 1. The number of ether oxygens (including phenoxy) is 2. The molecule has 0 saturated carbocycles. The molecule has 0 heterocycles. The molecular weight excluding hydrogens is 542 g/mol. The average Bonchev–Trinajstić information content (AvgIpc) is 3.34. The van der Waals surface area contributed by atoms with Crippen LogP contribution < -0.4 is 21.1 Å². The van der Waals surface area contributed by atoms with Crippen molar-refractivity contribution in [3.8, 4) is 5.75 Å². The fraction of sp³-hybridized carbons (Fsp3) is 0.370. The van der Waals surface area contributed by atoms with Crippen LogP contribution in [0.2, 0.25) is 0 Å². The molecule has 2 aromatic rings. The van der Waals surface area contributed by atoms with Gasteiger partial charge in [0, 0.05) is 17.7 Å². The molecule has 37 heavy (non-hydrogen) atoms. The number of halogens is 1. The van der Waals surface area contributed by atoms with Gasteiger partial charge in [0.25, 0.3) is 0 Å². The molecule has 4 rings (SSSR count). The summed E-state index contributed by atoms with van der Waals surface area (Å²) in [6.07, 6.45) is 0.103. The molecule has 0 bridgehead atoms. The number of aliphatic hydroxyl groups excluding tert-OH is 1. The van der Waals surface area contributed by atoms with Gasteiger partial charge >= 0.3 is 6.09 Å². The number of rotatable bonds is 7. The lowest BCUT2D eigenvalue weighted by atomic mass is 9.91. The first-order valence-electron chi connectivity index (χ1n) is 12.1. The van der Waals surface area contributed by atoms with E-state index in [1.54, 1.807) is 24.3 Å². The van der Waals surface area contributed by atoms with E-state index in [1.165, 1.54) is 18.6 Å². The number of aliphatic hydroxyl groups is 1. The monoisotopic (exact) mass is 571 g/mol. The molecule has 0 fully saturated rings. The zero-order valence-corrected chi connectivity index (χ0v) is 22.2. The Kier molecular flexibility index (Phi) is 8.19. The Bertz CT molecular complexity index is 1230. The van der Waals surface area contributed by atoms with Crippen LogP contribution in [-0.4, -0.2) is 47.4 Å². The maximum atomic E-state index is 12.9. The summed E-state index contributed by atoms with van der Waals surface area (Å²) in [6.45, 7) is 3.52. The van der Waals surface area contributed by atoms with Crippen LogP contribution in [0, 0.1) is 6.92 Å². The average molecular weight is 572 g/mol. The van der Waals surface area contributed by atoms with Crippen molar-refractivity contribution in [2.75, 3.05) is 5.32 Å². The van der Waals surface area contributed by atoms with E-state index in [2.05, 4.69) is 26.6 Å². The quantitative estimate of drug-likeness (QED) is 0.402.